The number of hydrogen-bond acceptors (Lipinski definition) is 3. The zero-order valence-corrected chi connectivity index (χ0v) is 15.6. The van der Waals surface area contributed by atoms with Gasteiger partial charge in [0, 0.05) is 29.2 Å². The van der Waals surface area contributed by atoms with Crippen molar-refractivity contribution in [3.05, 3.63) is 88.5 Å². The average Bonchev–Trinajstić information content (AvgIpc) is 3.04. The summed E-state index contributed by atoms with van der Waals surface area (Å²) in [6.45, 7) is 1.97. The number of hydrogen-bond donors (Lipinski definition) is 1. The van der Waals surface area contributed by atoms with Crippen molar-refractivity contribution in [2.24, 2.45) is 0 Å². The van der Waals surface area contributed by atoms with Gasteiger partial charge >= 0.3 is 0 Å². The number of carbonyl (C=O) groups is 1. The van der Waals surface area contributed by atoms with Crippen LogP contribution in [0.3, 0.4) is 0 Å². The number of nitrogens with zero attached hydrogens (tertiary/aromatic N) is 2. The molecule has 2 aromatic carbocycles. The monoisotopic (exact) mass is 373 g/mol. The topological polar surface area (TPSA) is 46.9 Å². The molecule has 2 aliphatic rings. The third-order valence-electron chi connectivity index (χ3n) is 5.61. The van der Waals surface area contributed by atoms with Crippen LogP contribution < -0.4 is 5.32 Å². The second kappa shape index (κ2) is 6.44. The smallest absolute Gasteiger partial charge is 0.161 e. The minimum Gasteiger partial charge on any atom is -0.343 e. The highest BCUT2D eigenvalue weighted by atomic mass is 19.1. The molecule has 1 N–H and O–H groups in total. The van der Waals surface area contributed by atoms with E-state index in [1.54, 1.807) is 12.1 Å². The van der Waals surface area contributed by atoms with Crippen molar-refractivity contribution in [2.75, 3.05) is 5.32 Å². The van der Waals surface area contributed by atoms with Gasteiger partial charge in [0.2, 0.25) is 0 Å². The molecule has 0 amide bonds. The van der Waals surface area contributed by atoms with Gasteiger partial charge in [-0.2, -0.15) is 5.10 Å². The second-order valence-electron chi connectivity index (χ2n) is 7.37. The van der Waals surface area contributed by atoms with Crippen molar-refractivity contribution in [1.82, 2.24) is 9.78 Å². The molecule has 3 aromatic rings. The van der Waals surface area contributed by atoms with Gasteiger partial charge in [-0.3, -0.25) is 4.79 Å². The van der Waals surface area contributed by atoms with Crippen LogP contribution in [0.25, 0.3) is 5.69 Å². The summed E-state index contributed by atoms with van der Waals surface area (Å²) in [5.41, 5.74) is 5.62. The van der Waals surface area contributed by atoms with Crippen LogP contribution in [-0.2, 0) is 4.79 Å². The molecule has 0 bridgehead atoms. The van der Waals surface area contributed by atoms with Gasteiger partial charge in [0.25, 0.3) is 0 Å². The molecule has 140 valence electrons. The lowest BCUT2D eigenvalue weighted by Crippen LogP contribution is -2.27. The number of benzene rings is 2. The standard InChI is InChI=1S/C23H20FN3O/c1-14-20-21(15-6-3-2-4-7-15)22-18(8-5-9-19(22)28)25-23(20)27(26-14)17-12-10-16(24)11-13-17/h2-4,6-7,10-13,21,25H,5,8-9H2,1H3/t21-/m1/s1. The first-order valence-electron chi connectivity index (χ1n) is 9.57. The van der Waals surface area contributed by atoms with E-state index in [1.807, 2.05) is 29.8 Å². The van der Waals surface area contributed by atoms with Crippen LogP contribution in [0.2, 0.25) is 0 Å². The molecule has 4 nitrogen and oxygen atoms in total. The molecule has 1 aliphatic carbocycles. The van der Waals surface area contributed by atoms with Crippen molar-refractivity contribution in [3.8, 4) is 5.69 Å². The molecule has 0 saturated carbocycles. The molecule has 0 unspecified atom stereocenters. The molecule has 2 heterocycles. The van der Waals surface area contributed by atoms with E-state index in [4.69, 9.17) is 5.10 Å². The summed E-state index contributed by atoms with van der Waals surface area (Å²) >= 11 is 0. The number of anilines is 1. The largest absolute Gasteiger partial charge is 0.343 e. The fourth-order valence-electron chi connectivity index (χ4n) is 4.37. The minimum atomic E-state index is -0.278. The summed E-state index contributed by atoms with van der Waals surface area (Å²) in [6.07, 6.45) is 2.28. The third kappa shape index (κ3) is 2.58. The molecule has 5 heteroatoms. The number of ketones is 1. The lowest BCUT2D eigenvalue weighted by molar-refractivity contribution is -0.116. The van der Waals surface area contributed by atoms with Crippen molar-refractivity contribution in [3.63, 3.8) is 0 Å². The molecular weight excluding hydrogens is 353 g/mol. The van der Waals surface area contributed by atoms with Gasteiger partial charge in [-0.25, -0.2) is 9.07 Å². The van der Waals surface area contributed by atoms with E-state index < -0.39 is 0 Å². The Kier molecular flexibility index (Phi) is 3.90. The Balaban J connectivity index is 1.74. The number of carbonyl (C=O) groups excluding carboxylic acids is 1. The first kappa shape index (κ1) is 16.9. The number of allylic oxidation sites excluding steroid dienone is 2. The van der Waals surface area contributed by atoms with Gasteiger partial charge in [-0.05, 0) is 49.6 Å². The van der Waals surface area contributed by atoms with Crippen LogP contribution in [0.15, 0.2) is 65.9 Å². The highest BCUT2D eigenvalue weighted by molar-refractivity contribution is 6.01. The van der Waals surface area contributed by atoms with Gasteiger partial charge in [0.05, 0.1) is 11.4 Å². The van der Waals surface area contributed by atoms with Crippen LogP contribution >= 0.6 is 0 Å². The highest BCUT2D eigenvalue weighted by Gasteiger charge is 2.38. The molecule has 0 radical (unpaired) electrons. The fraction of sp³-hybridized carbons (Fsp3) is 0.217. The van der Waals surface area contributed by atoms with E-state index >= 15 is 0 Å². The Labute approximate surface area is 162 Å². The van der Waals surface area contributed by atoms with E-state index in [0.717, 1.165) is 52.4 Å². The number of fused-ring (bicyclic) bond motifs is 1. The predicted octanol–water partition coefficient (Wildman–Crippen LogP) is 4.88. The van der Waals surface area contributed by atoms with Gasteiger partial charge in [-0.15, -0.1) is 0 Å². The summed E-state index contributed by atoms with van der Waals surface area (Å²) in [5, 5.41) is 8.24. The average molecular weight is 373 g/mol. The predicted molar refractivity (Wildman–Crippen MR) is 106 cm³/mol. The van der Waals surface area contributed by atoms with Gasteiger partial charge < -0.3 is 5.32 Å². The molecule has 1 aromatic heterocycles. The van der Waals surface area contributed by atoms with E-state index in [1.165, 1.54) is 12.1 Å². The molecule has 28 heavy (non-hydrogen) atoms. The lowest BCUT2D eigenvalue weighted by atomic mass is 9.76. The van der Waals surface area contributed by atoms with Gasteiger partial charge in [0.1, 0.15) is 11.6 Å². The van der Waals surface area contributed by atoms with E-state index in [9.17, 15) is 9.18 Å². The first-order chi connectivity index (χ1) is 13.6. The number of aromatic nitrogens is 2. The summed E-state index contributed by atoms with van der Waals surface area (Å²) in [7, 11) is 0. The summed E-state index contributed by atoms with van der Waals surface area (Å²) in [4.78, 5) is 12.9. The Morgan fingerprint density at radius 2 is 1.82 bits per heavy atom. The zero-order chi connectivity index (χ0) is 19.3. The lowest BCUT2D eigenvalue weighted by Gasteiger charge is -2.33. The number of rotatable bonds is 2. The number of Topliss-reactive ketones (excluding diaryl/α,β-unsaturated/α-hetero) is 1. The number of aryl methyl sites for hydroxylation is 1. The molecular formula is C23H20FN3O. The summed E-state index contributed by atoms with van der Waals surface area (Å²) < 4.78 is 15.2. The van der Waals surface area contributed by atoms with Crippen molar-refractivity contribution >= 4 is 11.6 Å². The maximum absolute atomic E-state index is 13.4. The molecule has 1 aliphatic heterocycles. The summed E-state index contributed by atoms with van der Waals surface area (Å²) in [6, 6.07) is 16.4. The maximum atomic E-state index is 13.4. The van der Waals surface area contributed by atoms with E-state index in [-0.39, 0.29) is 17.5 Å². The second-order valence-corrected chi connectivity index (χ2v) is 7.37. The Hall–Kier alpha value is -3.21. The van der Waals surface area contributed by atoms with Crippen LogP contribution in [0.4, 0.5) is 10.2 Å². The first-order valence-corrected chi connectivity index (χ1v) is 9.57. The van der Waals surface area contributed by atoms with Gasteiger partial charge in [-0.1, -0.05) is 30.3 Å². The molecule has 0 fully saturated rings. The zero-order valence-electron chi connectivity index (χ0n) is 15.6. The molecule has 5 rings (SSSR count). The summed E-state index contributed by atoms with van der Waals surface area (Å²) in [5.74, 6) is 0.669. The quantitative estimate of drug-likeness (QED) is 0.696. The normalized spacial score (nSPS) is 18.5. The van der Waals surface area contributed by atoms with Crippen molar-refractivity contribution < 1.29 is 9.18 Å². The molecule has 0 saturated heterocycles. The SMILES string of the molecule is Cc1nn(-c2ccc(F)cc2)c2c1[C@@H](c1ccccc1)C1=C(CCCC1=O)N2. The van der Waals surface area contributed by atoms with Crippen LogP contribution in [-0.4, -0.2) is 15.6 Å². The van der Waals surface area contributed by atoms with Crippen molar-refractivity contribution in [1.29, 1.82) is 0 Å². The Morgan fingerprint density at radius 3 is 2.57 bits per heavy atom. The van der Waals surface area contributed by atoms with Crippen LogP contribution in [0.1, 0.15) is 42.0 Å². The fourth-order valence-corrected chi connectivity index (χ4v) is 4.37. The van der Waals surface area contributed by atoms with E-state index in [0.29, 0.717) is 6.42 Å². The van der Waals surface area contributed by atoms with Crippen LogP contribution in [0.5, 0.6) is 0 Å². The third-order valence-corrected chi connectivity index (χ3v) is 5.61. The Bertz CT molecular complexity index is 1100. The minimum absolute atomic E-state index is 0.130. The molecule has 1 atom stereocenters. The van der Waals surface area contributed by atoms with Gasteiger partial charge in [0.15, 0.2) is 5.78 Å². The number of halogens is 1. The van der Waals surface area contributed by atoms with E-state index in [2.05, 4.69) is 17.4 Å². The van der Waals surface area contributed by atoms with Crippen LogP contribution in [0, 0.1) is 12.7 Å². The highest BCUT2D eigenvalue weighted by Crippen LogP contribution is 2.47. The van der Waals surface area contributed by atoms with Crippen molar-refractivity contribution in [2.45, 2.75) is 32.1 Å². The maximum Gasteiger partial charge on any atom is 0.161 e. The molecule has 0 spiro atoms. The Morgan fingerprint density at radius 1 is 1.07 bits per heavy atom. The number of nitrogens with one attached hydrogen (secondary N) is 1.